The summed E-state index contributed by atoms with van der Waals surface area (Å²) in [5.41, 5.74) is 0.943. The monoisotopic (exact) mass is 358 g/mol. The SMILES string of the molecule is O=C(C=Cc1ccc(Cl)cc1)NCC(c1ccco1)N1CCCCC1. The van der Waals surface area contributed by atoms with Crippen LogP contribution >= 0.6 is 11.6 Å². The zero-order chi connectivity index (χ0) is 17.5. The molecule has 132 valence electrons. The maximum absolute atomic E-state index is 12.2. The van der Waals surface area contributed by atoms with Gasteiger partial charge in [0.1, 0.15) is 5.76 Å². The molecule has 3 rings (SSSR count). The van der Waals surface area contributed by atoms with Gasteiger partial charge in [-0.25, -0.2) is 0 Å². The lowest BCUT2D eigenvalue weighted by Crippen LogP contribution is -2.40. The van der Waals surface area contributed by atoms with E-state index >= 15 is 0 Å². The molecule has 0 spiro atoms. The molecule has 0 aliphatic carbocycles. The number of amides is 1. The Hall–Kier alpha value is -2.04. The van der Waals surface area contributed by atoms with E-state index in [0.29, 0.717) is 11.6 Å². The number of halogens is 1. The number of nitrogens with one attached hydrogen (secondary N) is 1. The first-order valence-corrected chi connectivity index (χ1v) is 9.09. The molecule has 1 unspecified atom stereocenters. The first-order valence-electron chi connectivity index (χ1n) is 8.71. The molecule has 0 bridgehead atoms. The van der Waals surface area contributed by atoms with Gasteiger partial charge in [-0.1, -0.05) is 30.2 Å². The molecule has 25 heavy (non-hydrogen) atoms. The number of nitrogens with zero attached hydrogens (tertiary/aromatic N) is 1. The molecule has 1 N–H and O–H groups in total. The summed E-state index contributed by atoms with van der Waals surface area (Å²) in [6.07, 6.45) is 8.70. The third-order valence-corrected chi connectivity index (χ3v) is 4.72. The Kier molecular flexibility index (Phi) is 6.31. The van der Waals surface area contributed by atoms with E-state index in [1.807, 2.05) is 36.4 Å². The number of likely N-dealkylation sites (tertiary alicyclic amines) is 1. The van der Waals surface area contributed by atoms with Gasteiger partial charge in [0.05, 0.1) is 12.3 Å². The Morgan fingerprint density at radius 1 is 1.20 bits per heavy atom. The summed E-state index contributed by atoms with van der Waals surface area (Å²) in [5.74, 6) is 0.799. The highest BCUT2D eigenvalue weighted by Crippen LogP contribution is 2.24. The van der Waals surface area contributed by atoms with Crippen LogP contribution in [0.2, 0.25) is 5.02 Å². The molecule has 1 aliphatic rings. The molecule has 2 aromatic rings. The molecular weight excluding hydrogens is 336 g/mol. The van der Waals surface area contributed by atoms with Crippen molar-refractivity contribution in [2.75, 3.05) is 19.6 Å². The van der Waals surface area contributed by atoms with Crippen molar-refractivity contribution in [3.05, 3.63) is 65.1 Å². The highest BCUT2D eigenvalue weighted by Gasteiger charge is 2.24. The predicted molar refractivity (Wildman–Crippen MR) is 100 cm³/mol. The number of rotatable bonds is 6. The molecule has 1 atom stereocenters. The molecule has 0 saturated carbocycles. The Morgan fingerprint density at radius 3 is 2.64 bits per heavy atom. The first-order chi connectivity index (χ1) is 12.2. The molecule has 0 radical (unpaired) electrons. The summed E-state index contributed by atoms with van der Waals surface area (Å²) >= 11 is 5.86. The normalized spacial score (nSPS) is 16.8. The van der Waals surface area contributed by atoms with Gasteiger partial charge in [0.2, 0.25) is 5.91 Å². The standard InChI is InChI=1S/C20H23ClN2O2/c21-17-9-6-16(7-10-17)8-11-20(24)22-15-18(19-5-4-14-25-19)23-12-2-1-3-13-23/h4-11,14,18H,1-3,12-13,15H2,(H,22,24). The molecular formula is C20H23ClN2O2. The van der Waals surface area contributed by atoms with Gasteiger partial charge in [0.15, 0.2) is 0 Å². The van der Waals surface area contributed by atoms with Crippen molar-refractivity contribution < 1.29 is 9.21 Å². The lowest BCUT2D eigenvalue weighted by atomic mass is 10.1. The number of carbonyl (C=O) groups excluding carboxylic acids is 1. The van der Waals surface area contributed by atoms with Crippen molar-refractivity contribution in [3.8, 4) is 0 Å². The number of piperidine rings is 1. The van der Waals surface area contributed by atoms with Crippen molar-refractivity contribution >= 4 is 23.6 Å². The average molecular weight is 359 g/mol. The van der Waals surface area contributed by atoms with Crippen LogP contribution in [-0.4, -0.2) is 30.4 Å². The molecule has 1 saturated heterocycles. The van der Waals surface area contributed by atoms with Gasteiger partial charge in [0, 0.05) is 17.6 Å². The van der Waals surface area contributed by atoms with E-state index in [9.17, 15) is 4.79 Å². The van der Waals surface area contributed by atoms with Gasteiger partial charge in [-0.05, 0) is 61.8 Å². The second kappa shape index (κ2) is 8.88. The minimum absolute atomic E-state index is 0.0863. The number of hydrogen-bond acceptors (Lipinski definition) is 3. The zero-order valence-electron chi connectivity index (χ0n) is 14.2. The van der Waals surface area contributed by atoms with E-state index in [2.05, 4.69) is 10.2 Å². The van der Waals surface area contributed by atoms with E-state index in [-0.39, 0.29) is 11.9 Å². The molecule has 4 nitrogen and oxygen atoms in total. The molecule has 1 aromatic carbocycles. The van der Waals surface area contributed by atoms with Crippen LogP contribution in [0.5, 0.6) is 0 Å². The van der Waals surface area contributed by atoms with Crippen molar-refractivity contribution in [1.29, 1.82) is 0 Å². The largest absolute Gasteiger partial charge is 0.468 e. The minimum atomic E-state index is -0.108. The highest BCUT2D eigenvalue weighted by atomic mass is 35.5. The van der Waals surface area contributed by atoms with Crippen LogP contribution in [0, 0.1) is 0 Å². The summed E-state index contributed by atoms with van der Waals surface area (Å²) in [6, 6.07) is 11.3. The Bertz CT molecular complexity index is 689. The van der Waals surface area contributed by atoms with E-state index < -0.39 is 0 Å². The van der Waals surface area contributed by atoms with Crippen molar-refractivity contribution in [1.82, 2.24) is 10.2 Å². The maximum atomic E-state index is 12.2. The summed E-state index contributed by atoms with van der Waals surface area (Å²) in [5, 5.41) is 3.68. The van der Waals surface area contributed by atoms with Crippen LogP contribution in [0.25, 0.3) is 6.08 Å². The number of hydrogen-bond donors (Lipinski definition) is 1. The van der Waals surface area contributed by atoms with E-state index in [0.717, 1.165) is 24.4 Å². The second-order valence-corrected chi connectivity index (χ2v) is 6.69. The lowest BCUT2D eigenvalue weighted by Gasteiger charge is -2.33. The number of furan rings is 1. The van der Waals surface area contributed by atoms with Gasteiger partial charge in [-0.15, -0.1) is 0 Å². The van der Waals surface area contributed by atoms with Crippen molar-refractivity contribution in [2.45, 2.75) is 25.3 Å². The van der Waals surface area contributed by atoms with Crippen LogP contribution in [-0.2, 0) is 4.79 Å². The molecule has 5 heteroatoms. The fraction of sp³-hybridized carbons (Fsp3) is 0.350. The van der Waals surface area contributed by atoms with Crippen LogP contribution < -0.4 is 5.32 Å². The van der Waals surface area contributed by atoms with E-state index in [1.165, 1.54) is 19.3 Å². The highest BCUT2D eigenvalue weighted by molar-refractivity contribution is 6.30. The summed E-state index contributed by atoms with van der Waals surface area (Å²) in [7, 11) is 0. The summed E-state index contributed by atoms with van der Waals surface area (Å²) in [4.78, 5) is 14.6. The average Bonchev–Trinajstić information content (AvgIpc) is 3.17. The number of carbonyl (C=O) groups is 1. The minimum Gasteiger partial charge on any atom is -0.468 e. The second-order valence-electron chi connectivity index (χ2n) is 6.26. The summed E-state index contributed by atoms with van der Waals surface area (Å²) < 4.78 is 5.60. The van der Waals surface area contributed by atoms with E-state index in [1.54, 1.807) is 18.4 Å². The fourth-order valence-corrected chi connectivity index (χ4v) is 3.25. The van der Waals surface area contributed by atoms with Crippen molar-refractivity contribution in [3.63, 3.8) is 0 Å². The smallest absolute Gasteiger partial charge is 0.244 e. The van der Waals surface area contributed by atoms with Crippen LogP contribution in [0.4, 0.5) is 0 Å². The molecule has 1 amide bonds. The van der Waals surface area contributed by atoms with Crippen molar-refractivity contribution in [2.24, 2.45) is 0 Å². The van der Waals surface area contributed by atoms with Gasteiger partial charge in [-0.3, -0.25) is 9.69 Å². The van der Waals surface area contributed by atoms with Gasteiger partial charge in [0.25, 0.3) is 0 Å². The van der Waals surface area contributed by atoms with E-state index in [4.69, 9.17) is 16.0 Å². The Balaban J connectivity index is 1.58. The lowest BCUT2D eigenvalue weighted by molar-refractivity contribution is -0.116. The zero-order valence-corrected chi connectivity index (χ0v) is 14.9. The third-order valence-electron chi connectivity index (χ3n) is 4.47. The molecule has 1 aromatic heterocycles. The maximum Gasteiger partial charge on any atom is 0.244 e. The molecule has 2 heterocycles. The van der Waals surface area contributed by atoms with Crippen LogP contribution in [0.3, 0.4) is 0 Å². The molecule has 1 fully saturated rings. The molecule has 1 aliphatic heterocycles. The first kappa shape index (κ1) is 17.8. The van der Waals surface area contributed by atoms with Gasteiger partial charge in [-0.2, -0.15) is 0 Å². The summed E-state index contributed by atoms with van der Waals surface area (Å²) in [6.45, 7) is 2.63. The Labute approximate surface area is 153 Å². The van der Waals surface area contributed by atoms with Crippen LogP contribution in [0.1, 0.15) is 36.6 Å². The Morgan fingerprint density at radius 2 is 1.96 bits per heavy atom. The predicted octanol–water partition coefficient (Wildman–Crippen LogP) is 4.29. The number of benzene rings is 1. The topological polar surface area (TPSA) is 45.5 Å². The van der Waals surface area contributed by atoms with Gasteiger partial charge >= 0.3 is 0 Å². The van der Waals surface area contributed by atoms with Crippen LogP contribution in [0.15, 0.2) is 53.2 Å². The fourth-order valence-electron chi connectivity index (χ4n) is 3.12. The third kappa shape index (κ3) is 5.21. The quantitative estimate of drug-likeness (QED) is 0.783. The van der Waals surface area contributed by atoms with Gasteiger partial charge < -0.3 is 9.73 Å².